The van der Waals surface area contributed by atoms with Gasteiger partial charge in [-0.2, -0.15) is 0 Å². The smallest absolute Gasteiger partial charge is 0.0495 e. The molecule has 0 heterocycles. The molecule has 13 heavy (non-hydrogen) atoms. The van der Waals surface area contributed by atoms with E-state index in [0.717, 1.165) is 27.6 Å². The van der Waals surface area contributed by atoms with Crippen LogP contribution >= 0.6 is 31.9 Å². The summed E-state index contributed by atoms with van der Waals surface area (Å²) in [5.41, 5.74) is 1.04. The predicted octanol–water partition coefficient (Wildman–Crippen LogP) is 3.01. The van der Waals surface area contributed by atoms with Gasteiger partial charge >= 0.3 is 0 Å². The number of rotatable bonds is 4. The van der Waals surface area contributed by atoms with Crippen LogP contribution in [0.2, 0.25) is 0 Å². The zero-order chi connectivity index (χ0) is 9.68. The summed E-state index contributed by atoms with van der Waals surface area (Å²) in [5, 5.41) is 11.8. The van der Waals surface area contributed by atoms with Crippen molar-refractivity contribution in [3.63, 3.8) is 0 Å². The molecule has 72 valence electrons. The molecule has 1 rings (SSSR count). The number of aliphatic hydroxyl groups excluding tert-OH is 1. The number of hydrogen-bond acceptors (Lipinski definition) is 2. The molecule has 2 nitrogen and oxygen atoms in total. The number of benzene rings is 1. The Labute approximate surface area is 94.6 Å². The molecule has 0 saturated carbocycles. The molecule has 4 heteroatoms. The largest absolute Gasteiger partial charge is 0.396 e. The molecule has 0 spiro atoms. The van der Waals surface area contributed by atoms with E-state index in [1.54, 1.807) is 0 Å². The highest BCUT2D eigenvalue weighted by atomic mass is 79.9. The standard InChI is InChI=1S/C9H11Br2NO/c10-7-2-3-8(11)9(6-7)12-4-1-5-13/h2-3,6,12-13H,1,4-5H2. The molecule has 2 N–H and O–H groups in total. The van der Waals surface area contributed by atoms with Gasteiger partial charge in [-0.3, -0.25) is 0 Å². The third-order valence-corrected chi connectivity index (χ3v) is 2.76. The van der Waals surface area contributed by atoms with Gasteiger partial charge in [-0.05, 0) is 40.5 Å². The molecular formula is C9H11Br2NO. The van der Waals surface area contributed by atoms with Crippen molar-refractivity contribution >= 4 is 37.5 Å². The first-order chi connectivity index (χ1) is 6.24. The summed E-state index contributed by atoms with van der Waals surface area (Å²) in [6, 6.07) is 5.95. The van der Waals surface area contributed by atoms with Gasteiger partial charge in [-0.1, -0.05) is 15.9 Å². The van der Waals surface area contributed by atoms with Gasteiger partial charge in [0.05, 0.1) is 0 Å². The molecule has 0 bridgehead atoms. The van der Waals surface area contributed by atoms with Crippen molar-refractivity contribution in [3.8, 4) is 0 Å². The summed E-state index contributed by atoms with van der Waals surface area (Å²) in [6.45, 7) is 1.00. The van der Waals surface area contributed by atoms with Gasteiger partial charge < -0.3 is 10.4 Å². The van der Waals surface area contributed by atoms with E-state index >= 15 is 0 Å². The maximum Gasteiger partial charge on any atom is 0.0495 e. The highest BCUT2D eigenvalue weighted by Gasteiger charge is 1.98. The van der Waals surface area contributed by atoms with Crippen molar-refractivity contribution in [1.82, 2.24) is 0 Å². The van der Waals surface area contributed by atoms with E-state index in [2.05, 4.69) is 37.2 Å². The molecule has 0 aliphatic heterocycles. The zero-order valence-electron chi connectivity index (χ0n) is 7.06. The molecule has 0 fully saturated rings. The second kappa shape index (κ2) is 5.62. The quantitative estimate of drug-likeness (QED) is 0.838. The van der Waals surface area contributed by atoms with Crippen molar-refractivity contribution in [3.05, 3.63) is 27.1 Å². The second-order valence-electron chi connectivity index (χ2n) is 2.63. The highest BCUT2D eigenvalue weighted by molar-refractivity contribution is 9.11. The summed E-state index contributed by atoms with van der Waals surface area (Å²) < 4.78 is 2.08. The zero-order valence-corrected chi connectivity index (χ0v) is 10.2. The van der Waals surface area contributed by atoms with Gasteiger partial charge in [0.2, 0.25) is 0 Å². The molecule has 1 aromatic rings. The van der Waals surface area contributed by atoms with Gasteiger partial charge in [-0.15, -0.1) is 0 Å². The monoisotopic (exact) mass is 307 g/mol. The van der Waals surface area contributed by atoms with Crippen molar-refractivity contribution in [2.45, 2.75) is 6.42 Å². The molecule has 0 aliphatic rings. The summed E-state index contributed by atoms with van der Waals surface area (Å²) in [5.74, 6) is 0. The Morgan fingerprint density at radius 1 is 1.31 bits per heavy atom. The number of anilines is 1. The van der Waals surface area contributed by atoms with Gasteiger partial charge in [0.25, 0.3) is 0 Å². The summed E-state index contributed by atoms with van der Waals surface area (Å²) in [6.07, 6.45) is 0.763. The molecule has 0 unspecified atom stereocenters. The number of nitrogens with one attached hydrogen (secondary N) is 1. The number of hydrogen-bond donors (Lipinski definition) is 2. The maximum atomic E-state index is 8.61. The van der Waals surface area contributed by atoms with Crippen molar-refractivity contribution < 1.29 is 5.11 Å². The minimum atomic E-state index is 0.221. The lowest BCUT2D eigenvalue weighted by molar-refractivity contribution is 0.292. The average molecular weight is 309 g/mol. The normalized spacial score (nSPS) is 10.1. The van der Waals surface area contributed by atoms with E-state index in [9.17, 15) is 0 Å². The van der Waals surface area contributed by atoms with Crippen LogP contribution < -0.4 is 5.32 Å². The van der Waals surface area contributed by atoms with E-state index in [-0.39, 0.29) is 6.61 Å². The van der Waals surface area contributed by atoms with Crippen LogP contribution in [0.15, 0.2) is 27.1 Å². The van der Waals surface area contributed by atoms with E-state index in [1.165, 1.54) is 0 Å². The Kier molecular flexibility index (Phi) is 4.77. The number of halogens is 2. The van der Waals surface area contributed by atoms with Crippen LogP contribution in [-0.4, -0.2) is 18.3 Å². The highest BCUT2D eigenvalue weighted by Crippen LogP contribution is 2.25. The van der Waals surface area contributed by atoms with Crippen LogP contribution in [0.1, 0.15) is 6.42 Å². The molecule has 0 amide bonds. The van der Waals surface area contributed by atoms with E-state index in [0.29, 0.717) is 0 Å². The minimum absolute atomic E-state index is 0.221. The summed E-state index contributed by atoms with van der Waals surface area (Å²) >= 11 is 6.83. The van der Waals surface area contributed by atoms with Crippen molar-refractivity contribution in [1.29, 1.82) is 0 Å². The Morgan fingerprint density at radius 3 is 2.77 bits per heavy atom. The van der Waals surface area contributed by atoms with E-state index in [1.807, 2.05) is 18.2 Å². The number of aliphatic hydroxyl groups is 1. The Balaban J connectivity index is 2.59. The van der Waals surface area contributed by atoms with Crippen LogP contribution in [0.3, 0.4) is 0 Å². The van der Waals surface area contributed by atoms with Crippen LogP contribution in [0.4, 0.5) is 5.69 Å². The predicted molar refractivity (Wildman–Crippen MR) is 62.0 cm³/mol. The van der Waals surface area contributed by atoms with Crippen LogP contribution in [0.25, 0.3) is 0 Å². The summed E-state index contributed by atoms with van der Waals surface area (Å²) in [7, 11) is 0. The first kappa shape index (κ1) is 11.0. The lowest BCUT2D eigenvalue weighted by Gasteiger charge is -2.07. The molecule has 0 atom stereocenters. The van der Waals surface area contributed by atoms with Gasteiger partial charge in [0.15, 0.2) is 0 Å². The topological polar surface area (TPSA) is 32.3 Å². The van der Waals surface area contributed by atoms with Crippen LogP contribution in [0, 0.1) is 0 Å². The SMILES string of the molecule is OCCCNc1cc(Br)ccc1Br. The molecule has 0 saturated heterocycles. The van der Waals surface area contributed by atoms with Gasteiger partial charge in [-0.25, -0.2) is 0 Å². The Hall–Kier alpha value is -0.0600. The van der Waals surface area contributed by atoms with Crippen LogP contribution in [0.5, 0.6) is 0 Å². The van der Waals surface area contributed by atoms with Gasteiger partial charge in [0.1, 0.15) is 0 Å². The third kappa shape index (κ3) is 3.67. The maximum absolute atomic E-state index is 8.61. The molecule has 0 aromatic heterocycles. The first-order valence-electron chi connectivity index (χ1n) is 4.04. The fraction of sp³-hybridized carbons (Fsp3) is 0.333. The molecule has 0 aliphatic carbocycles. The molecule has 0 radical (unpaired) electrons. The Bertz CT molecular complexity index is 278. The van der Waals surface area contributed by atoms with Gasteiger partial charge in [0, 0.05) is 27.8 Å². The minimum Gasteiger partial charge on any atom is -0.396 e. The molecular weight excluding hydrogens is 298 g/mol. The van der Waals surface area contributed by atoms with E-state index in [4.69, 9.17) is 5.11 Å². The first-order valence-corrected chi connectivity index (χ1v) is 5.62. The van der Waals surface area contributed by atoms with Crippen molar-refractivity contribution in [2.75, 3.05) is 18.5 Å². The lowest BCUT2D eigenvalue weighted by atomic mass is 10.3. The van der Waals surface area contributed by atoms with E-state index < -0.39 is 0 Å². The average Bonchev–Trinajstić information content (AvgIpc) is 2.11. The lowest BCUT2D eigenvalue weighted by Crippen LogP contribution is -2.03. The van der Waals surface area contributed by atoms with Crippen molar-refractivity contribution in [2.24, 2.45) is 0 Å². The van der Waals surface area contributed by atoms with Crippen LogP contribution in [-0.2, 0) is 0 Å². The fourth-order valence-corrected chi connectivity index (χ4v) is 1.68. The Morgan fingerprint density at radius 2 is 2.08 bits per heavy atom. The third-order valence-electron chi connectivity index (χ3n) is 1.58. The second-order valence-corrected chi connectivity index (χ2v) is 4.40. The summed E-state index contributed by atoms with van der Waals surface area (Å²) in [4.78, 5) is 0. The molecule has 1 aromatic carbocycles. The fourth-order valence-electron chi connectivity index (χ4n) is 0.935.